The largest absolute Gasteiger partial charge is 0.392 e. The molecule has 0 aromatic carbocycles. The minimum Gasteiger partial charge on any atom is -0.392 e. The molecule has 1 heterocycles. The van der Waals surface area contributed by atoms with Gasteiger partial charge in [-0.05, 0) is 20.8 Å². The van der Waals surface area contributed by atoms with Crippen LogP contribution in [0.1, 0.15) is 20.8 Å². The fourth-order valence-corrected chi connectivity index (χ4v) is 1.51. The number of hydrogen-bond acceptors (Lipinski definition) is 4. The molecule has 4 heteroatoms. The summed E-state index contributed by atoms with van der Waals surface area (Å²) in [6.45, 7) is 11.6. The van der Waals surface area contributed by atoms with Crippen LogP contribution in [0.25, 0.3) is 0 Å². The van der Waals surface area contributed by atoms with E-state index < -0.39 is 0 Å². The molecule has 15 heavy (non-hydrogen) atoms. The van der Waals surface area contributed by atoms with Gasteiger partial charge in [0.1, 0.15) is 0 Å². The second kappa shape index (κ2) is 5.80. The number of nitrogens with zero attached hydrogens (tertiary/aromatic N) is 1. The Labute approximate surface area is 92.6 Å². The van der Waals surface area contributed by atoms with Crippen molar-refractivity contribution in [2.24, 2.45) is 0 Å². The highest BCUT2D eigenvalue weighted by Gasteiger charge is 2.23. The van der Waals surface area contributed by atoms with Crippen LogP contribution in [0.5, 0.6) is 0 Å². The Hall–Kier alpha value is -0.160. The van der Waals surface area contributed by atoms with Crippen LogP contribution >= 0.6 is 0 Å². The van der Waals surface area contributed by atoms with Crippen LogP contribution in [0.15, 0.2) is 0 Å². The van der Waals surface area contributed by atoms with Gasteiger partial charge in [-0.2, -0.15) is 0 Å². The van der Waals surface area contributed by atoms with Gasteiger partial charge in [0.25, 0.3) is 0 Å². The van der Waals surface area contributed by atoms with Gasteiger partial charge in [0.15, 0.2) is 0 Å². The Morgan fingerprint density at radius 2 is 2.00 bits per heavy atom. The van der Waals surface area contributed by atoms with Crippen molar-refractivity contribution in [3.8, 4) is 0 Å². The summed E-state index contributed by atoms with van der Waals surface area (Å²) in [5.74, 6) is 0. The van der Waals surface area contributed by atoms with E-state index in [1.165, 1.54) is 0 Å². The fourth-order valence-electron chi connectivity index (χ4n) is 1.51. The van der Waals surface area contributed by atoms with Gasteiger partial charge in [0.2, 0.25) is 0 Å². The van der Waals surface area contributed by atoms with Gasteiger partial charge in [-0.15, -0.1) is 0 Å². The van der Waals surface area contributed by atoms with Crippen molar-refractivity contribution < 1.29 is 9.84 Å². The van der Waals surface area contributed by atoms with Crippen molar-refractivity contribution in [3.05, 3.63) is 0 Å². The second-order valence-electron chi connectivity index (χ2n) is 4.78. The Kier molecular flexibility index (Phi) is 4.99. The van der Waals surface area contributed by atoms with Crippen molar-refractivity contribution in [3.63, 3.8) is 0 Å². The molecule has 0 aromatic heterocycles. The highest BCUT2D eigenvalue weighted by molar-refractivity contribution is 4.83. The van der Waals surface area contributed by atoms with Gasteiger partial charge in [0.05, 0.1) is 19.3 Å². The van der Waals surface area contributed by atoms with Crippen LogP contribution < -0.4 is 5.32 Å². The highest BCUT2D eigenvalue weighted by Crippen LogP contribution is 2.07. The number of hydrogen-bond donors (Lipinski definition) is 2. The van der Waals surface area contributed by atoms with Gasteiger partial charge < -0.3 is 15.2 Å². The van der Waals surface area contributed by atoms with Crippen LogP contribution in [-0.4, -0.2) is 61.0 Å². The lowest BCUT2D eigenvalue weighted by Gasteiger charge is -2.32. The summed E-state index contributed by atoms with van der Waals surface area (Å²) in [5, 5.41) is 12.9. The van der Waals surface area contributed by atoms with Crippen LogP contribution in [0.2, 0.25) is 0 Å². The van der Waals surface area contributed by atoms with Crippen LogP contribution in [0.3, 0.4) is 0 Å². The molecule has 90 valence electrons. The number of nitrogens with one attached hydrogen (secondary N) is 1. The summed E-state index contributed by atoms with van der Waals surface area (Å²) in [4.78, 5) is 2.38. The number of aliphatic hydroxyl groups is 1. The van der Waals surface area contributed by atoms with Crippen LogP contribution in [-0.2, 0) is 4.74 Å². The zero-order chi connectivity index (χ0) is 11.3. The minimum absolute atomic E-state index is 0.202. The summed E-state index contributed by atoms with van der Waals surface area (Å²) in [5.41, 5.74) is -0.202. The maximum atomic E-state index is 9.52. The smallest absolute Gasteiger partial charge is 0.0688 e. The zero-order valence-corrected chi connectivity index (χ0v) is 10.1. The quantitative estimate of drug-likeness (QED) is 0.682. The van der Waals surface area contributed by atoms with Crippen LogP contribution in [0.4, 0.5) is 0 Å². The first-order chi connectivity index (χ1) is 7.02. The number of ether oxygens (including phenoxy) is 1. The number of rotatable bonds is 5. The average molecular weight is 216 g/mol. The molecule has 1 rings (SSSR count). The summed E-state index contributed by atoms with van der Waals surface area (Å²) >= 11 is 0. The van der Waals surface area contributed by atoms with Gasteiger partial charge in [-0.1, -0.05) is 0 Å². The molecule has 1 aliphatic rings. The maximum absolute atomic E-state index is 9.52. The third-order valence-electron chi connectivity index (χ3n) is 3.16. The molecule has 0 radical (unpaired) electrons. The van der Waals surface area contributed by atoms with Crippen molar-refractivity contribution in [2.45, 2.75) is 32.4 Å². The van der Waals surface area contributed by atoms with E-state index in [0.717, 1.165) is 39.4 Å². The monoisotopic (exact) mass is 216 g/mol. The van der Waals surface area contributed by atoms with Crippen molar-refractivity contribution >= 4 is 0 Å². The van der Waals surface area contributed by atoms with E-state index in [1.54, 1.807) is 0 Å². The van der Waals surface area contributed by atoms with Gasteiger partial charge in [-0.3, -0.25) is 4.90 Å². The SMILES string of the molecule is CC(O)C(C)(C)NCCN1CCOCC1. The molecule has 2 N–H and O–H groups in total. The average Bonchev–Trinajstić information content (AvgIpc) is 2.19. The van der Waals surface area contributed by atoms with Crippen molar-refractivity contribution in [2.75, 3.05) is 39.4 Å². The third-order valence-corrected chi connectivity index (χ3v) is 3.16. The molecule has 1 atom stereocenters. The van der Waals surface area contributed by atoms with E-state index in [-0.39, 0.29) is 11.6 Å². The third kappa shape index (κ3) is 4.47. The molecule has 1 fully saturated rings. The van der Waals surface area contributed by atoms with E-state index in [0.29, 0.717) is 0 Å². The van der Waals surface area contributed by atoms with Gasteiger partial charge >= 0.3 is 0 Å². The first-order valence-corrected chi connectivity index (χ1v) is 5.75. The molecule has 0 bridgehead atoms. The number of aliphatic hydroxyl groups excluding tert-OH is 1. The minimum atomic E-state index is -0.331. The molecular weight excluding hydrogens is 192 g/mol. The normalized spacial score (nSPS) is 21.6. The molecule has 1 unspecified atom stereocenters. The molecule has 0 saturated carbocycles. The Morgan fingerprint density at radius 3 is 2.53 bits per heavy atom. The molecule has 0 amide bonds. The molecule has 1 aliphatic heterocycles. The van der Waals surface area contributed by atoms with E-state index in [1.807, 2.05) is 20.8 Å². The molecule has 0 aliphatic carbocycles. The summed E-state index contributed by atoms with van der Waals surface area (Å²) in [7, 11) is 0. The predicted molar refractivity (Wildman–Crippen MR) is 61.0 cm³/mol. The summed E-state index contributed by atoms with van der Waals surface area (Å²) in [6.07, 6.45) is -0.331. The van der Waals surface area contributed by atoms with E-state index in [4.69, 9.17) is 4.74 Å². The Morgan fingerprint density at radius 1 is 1.40 bits per heavy atom. The summed E-state index contributed by atoms with van der Waals surface area (Å²) < 4.78 is 5.28. The van der Waals surface area contributed by atoms with Crippen molar-refractivity contribution in [1.29, 1.82) is 0 Å². The lowest BCUT2D eigenvalue weighted by Crippen LogP contribution is -2.51. The van der Waals surface area contributed by atoms with E-state index >= 15 is 0 Å². The second-order valence-corrected chi connectivity index (χ2v) is 4.78. The number of morpholine rings is 1. The fraction of sp³-hybridized carbons (Fsp3) is 1.00. The lowest BCUT2D eigenvalue weighted by molar-refractivity contribution is 0.0351. The van der Waals surface area contributed by atoms with E-state index in [9.17, 15) is 5.11 Å². The molecule has 4 nitrogen and oxygen atoms in total. The summed E-state index contributed by atoms with van der Waals surface area (Å²) in [6, 6.07) is 0. The zero-order valence-electron chi connectivity index (χ0n) is 10.1. The molecule has 0 aromatic rings. The standard InChI is InChI=1S/C11H24N2O2/c1-10(14)11(2,3)12-4-5-13-6-8-15-9-7-13/h10,12,14H,4-9H2,1-3H3. The molecular formula is C11H24N2O2. The van der Waals surface area contributed by atoms with Gasteiger partial charge in [0, 0.05) is 31.7 Å². The topological polar surface area (TPSA) is 44.7 Å². The predicted octanol–water partition coefficient (Wildman–Crippen LogP) is 0.0676. The maximum Gasteiger partial charge on any atom is 0.0688 e. The van der Waals surface area contributed by atoms with Crippen LogP contribution in [0, 0.1) is 0 Å². The van der Waals surface area contributed by atoms with Crippen molar-refractivity contribution in [1.82, 2.24) is 10.2 Å². The molecule has 0 spiro atoms. The van der Waals surface area contributed by atoms with Gasteiger partial charge in [-0.25, -0.2) is 0 Å². The van der Waals surface area contributed by atoms with E-state index in [2.05, 4.69) is 10.2 Å². The molecule has 1 saturated heterocycles. The highest BCUT2D eigenvalue weighted by atomic mass is 16.5. The Balaban J connectivity index is 2.14. The Bertz CT molecular complexity index is 177. The first kappa shape index (κ1) is 12.9. The lowest BCUT2D eigenvalue weighted by atomic mass is 9.99. The first-order valence-electron chi connectivity index (χ1n) is 5.75.